The second kappa shape index (κ2) is 6.09. The Hall–Kier alpha value is -0.510. The molecule has 2 aromatic rings. The van der Waals surface area contributed by atoms with E-state index in [9.17, 15) is 0 Å². The zero-order valence-corrected chi connectivity index (χ0v) is 17.3. The van der Waals surface area contributed by atoms with Gasteiger partial charge < -0.3 is 0 Å². The summed E-state index contributed by atoms with van der Waals surface area (Å²) in [4.78, 5) is 7.18. The van der Waals surface area contributed by atoms with Gasteiger partial charge in [-0.15, -0.1) is 34.4 Å². The summed E-state index contributed by atoms with van der Waals surface area (Å²) in [5, 5.41) is 0. The van der Waals surface area contributed by atoms with E-state index < -0.39 is 0 Å². The predicted molar refractivity (Wildman–Crippen MR) is 110 cm³/mol. The molecule has 1 atom stereocenters. The van der Waals surface area contributed by atoms with E-state index in [1.807, 2.05) is 22.7 Å². The topological polar surface area (TPSA) is 0 Å². The maximum Gasteiger partial charge on any atom is 0.0449 e. The molecule has 1 unspecified atom stereocenters. The number of rotatable bonds is 3. The summed E-state index contributed by atoms with van der Waals surface area (Å²) < 4.78 is 0.363. The third kappa shape index (κ3) is 3.47. The third-order valence-corrected chi connectivity index (χ3v) is 9.36. The molecule has 0 spiro atoms. The van der Waals surface area contributed by atoms with E-state index >= 15 is 0 Å². The van der Waals surface area contributed by atoms with Gasteiger partial charge >= 0.3 is 0 Å². The number of hydrogen-bond acceptors (Lipinski definition) is 3. The monoisotopic (exact) mass is 362 g/mol. The SMILES string of the molecule is CC(C)C1(C)CC=C(c2ccc(-c3ccc(C(C)(C)C)s3)s2)S1. The number of hydrogen-bond donors (Lipinski definition) is 0. The Morgan fingerprint density at radius 2 is 1.57 bits per heavy atom. The first-order valence-electron chi connectivity index (χ1n) is 8.29. The predicted octanol–water partition coefficient (Wildman–Crippen LogP) is 7.67. The second-order valence-corrected chi connectivity index (χ2v) is 11.7. The highest BCUT2D eigenvalue weighted by Gasteiger charge is 2.34. The third-order valence-electron chi connectivity index (χ3n) is 4.69. The van der Waals surface area contributed by atoms with Crippen LogP contribution in [-0.2, 0) is 5.41 Å². The molecule has 3 heterocycles. The van der Waals surface area contributed by atoms with Gasteiger partial charge in [-0.05, 0) is 48.9 Å². The van der Waals surface area contributed by atoms with Crippen molar-refractivity contribution < 1.29 is 0 Å². The molecule has 0 saturated carbocycles. The summed E-state index contributed by atoms with van der Waals surface area (Å²) in [7, 11) is 0. The molecule has 1 aliphatic heterocycles. The molecule has 0 aliphatic carbocycles. The smallest absolute Gasteiger partial charge is 0.0449 e. The number of thioether (sulfide) groups is 1. The summed E-state index contributed by atoms with van der Waals surface area (Å²) in [5.41, 5.74) is 0.242. The Kier molecular flexibility index (Phi) is 4.59. The van der Waals surface area contributed by atoms with Crippen LogP contribution >= 0.6 is 34.4 Å². The van der Waals surface area contributed by atoms with Crippen LogP contribution in [0.25, 0.3) is 14.7 Å². The summed E-state index contributed by atoms with van der Waals surface area (Å²) in [6.45, 7) is 13.9. The lowest BCUT2D eigenvalue weighted by atomic mass is 9.94. The van der Waals surface area contributed by atoms with Crippen LogP contribution in [0.5, 0.6) is 0 Å². The number of thiophene rings is 2. The van der Waals surface area contributed by atoms with Crippen molar-refractivity contribution in [3.63, 3.8) is 0 Å². The van der Waals surface area contributed by atoms with Crippen LogP contribution in [0.15, 0.2) is 30.3 Å². The van der Waals surface area contributed by atoms with Gasteiger partial charge in [0.05, 0.1) is 0 Å². The normalized spacial score (nSPS) is 22.0. The van der Waals surface area contributed by atoms with Crippen LogP contribution in [0.1, 0.15) is 57.7 Å². The molecule has 0 amide bonds. The second-order valence-electron chi connectivity index (χ2n) is 7.92. The van der Waals surface area contributed by atoms with E-state index in [1.54, 1.807) is 0 Å². The molecule has 1 aliphatic rings. The standard InChI is InChI=1S/C20H26S3/c1-13(2)20(6)12-11-17(23-20)16-8-7-14(21-16)15-9-10-18(22-15)19(3,4)5/h7-11,13H,12H2,1-6H3. The highest BCUT2D eigenvalue weighted by molar-refractivity contribution is 8.10. The molecule has 0 bridgehead atoms. The van der Waals surface area contributed by atoms with Crippen LogP contribution in [0.4, 0.5) is 0 Å². The quantitative estimate of drug-likeness (QED) is 0.540. The van der Waals surface area contributed by atoms with Gasteiger partial charge in [-0.1, -0.05) is 40.7 Å². The van der Waals surface area contributed by atoms with Crippen molar-refractivity contribution in [3.8, 4) is 9.75 Å². The molecule has 3 rings (SSSR count). The molecule has 3 heteroatoms. The highest BCUT2D eigenvalue weighted by Crippen LogP contribution is 2.52. The molecule has 0 radical (unpaired) electrons. The van der Waals surface area contributed by atoms with Crippen molar-refractivity contribution in [1.82, 2.24) is 0 Å². The Bertz CT molecular complexity index is 724. The molecular weight excluding hydrogens is 336 g/mol. The van der Waals surface area contributed by atoms with E-state index in [4.69, 9.17) is 0 Å². The lowest BCUT2D eigenvalue weighted by molar-refractivity contribution is 0.478. The fraction of sp³-hybridized carbons (Fsp3) is 0.500. The molecule has 0 nitrogen and oxygen atoms in total. The molecule has 23 heavy (non-hydrogen) atoms. The van der Waals surface area contributed by atoms with Crippen molar-refractivity contribution >= 4 is 39.3 Å². The van der Waals surface area contributed by atoms with E-state index in [-0.39, 0.29) is 5.41 Å². The first-order valence-corrected chi connectivity index (χ1v) is 10.7. The lowest BCUT2D eigenvalue weighted by Crippen LogP contribution is -2.23. The van der Waals surface area contributed by atoms with Gasteiger partial charge in [0.15, 0.2) is 0 Å². The average Bonchev–Trinajstić information content (AvgIpc) is 3.16. The zero-order valence-electron chi connectivity index (χ0n) is 14.9. The van der Waals surface area contributed by atoms with Crippen LogP contribution in [0.3, 0.4) is 0 Å². The largest absolute Gasteiger partial charge is 0.139 e. The Balaban J connectivity index is 1.81. The fourth-order valence-corrected chi connectivity index (χ4v) is 6.20. The number of allylic oxidation sites excluding steroid dienone is 1. The van der Waals surface area contributed by atoms with Gasteiger partial charge in [-0.2, -0.15) is 0 Å². The Morgan fingerprint density at radius 3 is 2.13 bits per heavy atom. The van der Waals surface area contributed by atoms with E-state index in [0.717, 1.165) is 0 Å². The van der Waals surface area contributed by atoms with Crippen LogP contribution in [0, 0.1) is 5.92 Å². The van der Waals surface area contributed by atoms with Crippen LogP contribution in [-0.4, -0.2) is 4.75 Å². The van der Waals surface area contributed by atoms with Crippen molar-refractivity contribution in [1.29, 1.82) is 0 Å². The van der Waals surface area contributed by atoms with Gasteiger partial charge in [0.2, 0.25) is 0 Å². The first kappa shape index (κ1) is 17.3. The minimum absolute atomic E-state index is 0.242. The van der Waals surface area contributed by atoms with Crippen molar-refractivity contribution in [2.24, 2.45) is 5.92 Å². The maximum absolute atomic E-state index is 2.44. The van der Waals surface area contributed by atoms with E-state index in [1.165, 1.54) is 30.8 Å². The molecular formula is C20H26S3. The molecule has 0 aromatic carbocycles. The minimum atomic E-state index is 0.242. The van der Waals surface area contributed by atoms with Gasteiger partial charge in [-0.25, -0.2) is 0 Å². The van der Waals surface area contributed by atoms with Gasteiger partial charge in [0.25, 0.3) is 0 Å². The highest BCUT2D eigenvalue weighted by atomic mass is 32.2. The van der Waals surface area contributed by atoms with Gasteiger partial charge in [-0.3, -0.25) is 0 Å². The molecule has 0 N–H and O–H groups in total. The lowest BCUT2D eigenvalue weighted by Gasteiger charge is -2.27. The molecule has 0 fully saturated rings. The van der Waals surface area contributed by atoms with Gasteiger partial charge in [0.1, 0.15) is 0 Å². The molecule has 0 saturated heterocycles. The van der Waals surface area contributed by atoms with E-state index in [2.05, 4.69) is 83.6 Å². The van der Waals surface area contributed by atoms with Crippen molar-refractivity contribution in [2.45, 2.75) is 58.1 Å². The first-order chi connectivity index (χ1) is 10.7. The summed E-state index contributed by atoms with van der Waals surface area (Å²) in [6.07, 6.45) is 3.63. The van der Waals surface area contributed by atoms with Gasteiger partial charge in [0, 0.05) is 29.2 Å². The van der Waals surface area contributed by atoms with Crippen molar-refractivity contribution in [2.75, 3.05) is 0 Å². The zero-order chi connectivity index (χ0) is 16.8. The van der Waals surface area contributed by atoms with Crippen molar-refractivity contribution in [3.05, 3.63) is 40.1 Å². The maximum atomic E-state index is 2.44. The summed E-state index contributed by atoms with van der Waals surface area (Å²) in [5.74, 6) is 0.701. The minimum Gasteiger partial charge on any atom is -0.139 e. The average molecular weight is 363 g/mol. The van der Waals surface area contributed by atoms with Crippen LogP contribution < -0.4 is 0 Å². The van der Waals surface area contributed by atoms with Crippen LogP contribution in [0.2, 0.25) is 0 Å². The fourth-order valence-electron chi connectivity index (χ4n) is 2.61. The summed E-state index contributed by atoms with van der Waals surface area (Å²) >= 11 is 5.95. The molecule has 2 aromatic heterocycles. The summed E-state index contributed by atoms with van der Waals surface area (Å²) in [6, 6.07) is 9.18. The van der Waals surface area contributed by atoms with E-state index in [0.29, 0.717) is 10.7 Å². The molecule has 124 valence electrons. The Labute approximate surface area is 153 Å². The Morgan fingerprint density at radius 1 is 0.957 bits per heavy atom.